The Bertz CT molecular complexity index is 1410. The molecule has 0 amide bonds. The lowest BCUT2D eigenvalue weighted by molar-refractivity contribution is -0.115. The summed E-state index contributed by atoms with van der Waals surface area (Å²) in [4.78, 5) is 14.7. The molecular formula is C31H27O3P. The summed E-state index contributed by atoms with van der Waals surface area (Å²) in [5.41, 5.74) is 4.16. The minimum atomic E-state index is -3.70. The quantitative estimate of drug-likeness (QED) is 0.281. The fourth-order valence-electron chi connectivity index (χ4n) is 5.38. The van der Waals surface area contributed by atoms with Crippen molar-refractivity contribution in [2.75, 3.05) is 7.11 Å². The topological polar surface area (TPSA) is 43.4 Å². The third-order valence-corrected chi connectivity index (χ3v) is 10.2. The van der Waals surface area contributed by atoms with Gasteiger partial charge in [-0.1, -0.05) is 109 Å². The first-order chi connectivity index (χ1) is 17.0. The highest BCUT2D eigenvalue weighted by Crippen LogP contribution is 2.70. The van der Waals surface area contributed by atoms with Crippen LogP contribution in [0.5, 0.6) is 0 Å². The molecule has 35 heavy (non-hydrogen) atoms. The Kier molecular flexibility index (Phi) is 6.15. The number of ketones is 1. The Morgan fingerprint density at radius 1 is 0.686 bits per heavy atom. The van der Waals surface area contributed by atoms with Crippen molar-refractivity contribution in [3.63, 3.8) is 0 Å². The second-order valence-electron chi connectivity index (χ2n) is 8.91. The molecule has 4 aromatic rings. The molecule has 3 atom stereocenters. The van der Waals surface area contributed by atoms with Crippen molar-refractivity contribution < 1.29 is 13.9 Å². The molecular weight excluding hydrogens is 451 g/mol. The van der Waals surface area contributed by atoms with Crippen molar-refractivity contribution in [3.8, 4) is 0 Å². The van der Waals surface area contributed by atoms with Crippen LogP contribution in [-0.4, -0.2) is 18.0 Å². The zero-order valence-corrected chi connectivity index (χ0v) is 20.7. The molecule has 1 unspecified atom stereocenters. The highest BCUT2D eigenvalue weighted by Gasteiger charge is 2.63. The zero-order chi connectivity index (χ0) is 24.5. The molecule has 174 valence electrons. The van der Waals surface area contributed by atoms with Crippen molar-refractivity contribution in [3.05, 3.63) is 138 Å². The smallest absolute Gasteiger partial charge is 0.246 e. The van der Waals surface area contributed by atoms with Crippen LogP contribution < -0.4 is 5.30 Å². The maximum absolute atomic E-state index is 15.0. The van der Waals surface area contributed by atoms with E-state index in [1.807, 2.05) is 116 Å². The molecule has 0 heterocycles. The van der Waals surface area contributed by atoms with Gasteiger partial charge in [-0.2, -0.15) is 0 Å². The van der Waals surface area contributed by atoms with Crippen molar-refractivity contribution in [2.24, 2.45) is 0 Å². The molecule has 0 bridgehead atoms. The molecule has 0 N–H and O–H groups in total. The monoisotopic (exact) mass is 478 g/mol. The van der Waals surface area contributed by atoms with Crippen molar-refractivity contribution in [1.82, 2.24) is 0 Å². The fraction of sp³-hybridized carbons (Fsp3) is 0.129. The zero-order valence-electron chi connectivity index (χ0n) is 19.8. The van der Waals surface area contributed by atoms with E-state index in [-0.39, 0.29) is 5.78 Å². The summed E-state index contributed by atoms with van der Waals surface area (Å²) in [6.07, 6.45) is 0. The summed E-state index contributed by atoms with van der Waals surface area (Å²) < 4.78 is 20.9. The molecule has 1 aliphatic rings. The van der Waals surface area contributed by atoms with E-state index in [1.165, 1.54) is 7.11 Å². The van der Waals surface area contributed by atoms with E-state index < -0.39 is 18.4 Å². The molecule has 0 aliphatic heterocycles. The van der Waals surface area contributed by atoms with Crippen LogP contribution in [0.3, 0.4) is 0 Å². The van der Waals surface area contributed by atoms with E-state index in [0.29, 0.717) is 10.9 Å². The third kappa shape index (κ3) is 3.63. The lowest BCUT2D eigenvalue weighted by atomic mass is 9.82. The van der Waals surface area contributed by atoms with Crippen LogP contribution in [0.25, 0.3) is 11.1 Å². The number of rotatable bonds is 6. The molecule has 3 nitrogen and oxygen atoms in total. The Hall–Kier alpha value is -3.52. The van der Waals surface area contributed by atoms with Gasteiger partial charge in [-0.15, -0.1) is 0 Å². The molecule has 0 aromatic heterocycles. The largest absolute Gasteiger partial charge is 0.328 e. The molecule has 1 aliphatic carbocycles. The average molecular weight is 479 g/mol. The maximum atomic E-state index is 15.0. The number of allylic oxidation sites excluding steroid dienone is 2. The normalized spacial score (nSPS) is 21.7. The first-order valence-electron chi connectivity index (χ1n) is 11.7. The van der Waals surface area contributed by atoms with Crippen molar-refractivity contribution in [1.29, 1.82) is 0 Å². The summed E-state index contributed by atoms with van der Waals surface area (Å²) in [7, 11) is -2.24. The van der Waals surface area contributed by atoms with Gasteiger partial charge in [0.05, 0.1) is 0 Å². The van der Waals surface area contributed by atoms with Crippen LogP contribution in [0.1, 0.15) is 29.5 Å². The summed E-state index contributed by atoms with van der Waals surface area (Å²) in [6.45, 7) is 1.82. The Morgan fingerprint density at radius 2 is 1.14 bits per heavy atom. The van der Waals surface area contributed by atoms with E-state index in [1.54, 1.807) is 12.1 Å². The number of carbonyl (C=O) groups is 1. The number of Topliss-reactive ketones (excluding diaryl/α,β-unsaturated/α-hetero) is 1. The predicted molar refractivity (Wildman–Crippen MR) is 143 cm³/mol. The molecule has 4 aromatic carbocycles. The van der Waals surface area contributed by atoms with Gasteiger partial charge < -0.3 is 4.52 Å². The minimum Gasteiger partial charge on any atom is -0.328 e. The molecule has 0 fully saturated rings. The lowest BCUT2D eigenvalue weighted by Crippen LogP contribution is -2.41. The highest BCUT2D eigenvalue weighted by molar-refractivity contribution is 7.69. The maximum Gasteiger partial charge on any atom is 0.246 e. The standard InChI is InChI=1S/C31H27O3P/c1-31(35(33,34-2)26-21-13-6-14-22-26)29(25-19-11-5-12-20-25)27(23-15-7-3-8-16-23)28(30(31)32)24-17-9-4-10-18-24/h3-22,29H,1-2H3/t29-,31+,35?/m0/s1. The summed E-state index contributed by atoms with van der Waals surface area (Å²) in [6, 6.07) is 38.7. The number of hydrogen-bond donors (Lipinski definition) is 0. The van der Waals surface area contributed by atoms with Crippen molar-refractivity contribution >= 4 is 29.6 Å². The first kappa shape index (κ1) is 23.2. The average Bonchev–Trinajstić information content (AvgIpc) is 3.18. The van der Waals surface area contributed by atoms with Gasteiger partial charge in [0.1, 0.15) is 5.16 Å². The van der Waals surface area contributed by atoms with Crippen LogP contribution in [0.15, 0.2) is 121 Å². The van der Waals surface area contributed by atoms with E-state index >= 15 is 0 Å². The number of hydrogen-bond acceptors (Lipinski definition) is 3. The van der Waals surface area contributed by atoms with Gasteiger partial charge in [0.25, 0.3) is 0 Å². The van der Waals surface area contributed by atoms with Crippen LogP contribution >= 0.6 is 7.37 Å². The van der Waals surface area contributed by atoms with E-state index in [2.05, 4.69) is 0 Å². The Morgan fingerprint density at radius 3 is 1.66 bits per heavy atom. The van der Waals surface area contributed by atoms with Gasteiger partial charge in [-0.3, -0.25) is 9.36 Å². The molecule has 0 radical (unpaired) electrons. The Labute approximate surface area is 206 Å². The second kappa shape index (κ2) is 9.26. The summed E-state index contributed by atoms with van der Waals surface area (Å²) >= 11 is 0. The minimum absolute atomic E-state index is 0.162. The van der Waals surface area contributed by atoms with Crippen molar-refractivity contribution in [2.45, 2.75) is 18.0 Å². The molecule has 0 spiro atoms. The van der Waals surface area contributed by atoms with Crippen LogP contribution in [0, 0.1) is 0 Å². The van der Waals surface area contributed by atoms with Crippen LogP contribution in [0.4, 0.5) is 0 Å². The molecule has 4 heteroatoms. The van der Waals surface area contributed by atoms with Crippen LogP contribution in [0.2, 0.25) is 0 Å². The second-order valence-corrected chi connectivity index (χ2v) is 11.8. The molecule has 0 saturated heterocycles. The Balaban J connectivity index is 1.88. The highest BCUT2D eigenvalue weighted by atomic mass is 31.2. The fourth-order valence-corrected chi connectivity index (χ4v) is 8.07. The van der Waals surface area contributed by atoms with Gasteiger partial charge in [0, 0.05) is 23.9 Å². The van der Waals surface area contributed by atoms with Gasteiger partial charge in [0.15, 0.2) is 5.78 Å². The van der Waals surface area contributed by atoms with Gasteiger partial charge in [-0.25, -0.2) is 0 Å². The number of carbonyl (C=O) groups excluding carboxylic acids is 1. The van der Waals surface area contributed by atoms with E-state index in [4.69, 9.17) is 4.52 Å². The van der Waals surface area contributed by atoms with Gasteiger partial charge in [-0.05, 0) is 41.3 Å². The van der Waals surface area contributed by atoms with E-state index in [9.17, 15) is 9.36 Å². The third-order valence-electron chi connectivity index (χ3n) is 7.05. The van der Waals surface area contributed by atoms with Gasteiger partial charge >= 0.3 is 0 Å². The lowest BCUT2D eigenvalue weighted by Gasteiger charge is -2.38. The molecule has 5 rings (SSSR count). The van der Waals surface area contributed by atoms with Crippen LogP contribution in [-0.2, 0) is 13.9 Å². The molecule has 0 saturated carbocycles. The predicted octanol–water partition coefficient (Wildman–Crippen LogP) is 6.97. The first-order valence-corrected chi connectivity index (χ1v) is 13.3. The van der Waals surface area contributed by atoms with Gasteiger partial charge in [0.2, 0.25) is 7.37 Å². The SMILES string of the molecule is COP(=O)(c1ccccc1)[C@@]1(C)C(=O)C(c2ccccc2)=C(c2ccccc2)[C@@H]1c1ccccc1. The van der Waals surface area contributed by atoms with E-state index in [0.717, 1.165) is 22.3 Å². The number of benzene rings is 4. The summed E-state index contributed by atoms with van der Waals surface area (Å²) in [5.74, 6) is -0.634. The summed E-state index contributed by atoms with van der Waals surface area (Å²) in [5, 5.41) is -0.804.